The van der Waals surface area contributed by atoms with Gasteiger partial charge in [0.2, 0.25) is 0 Å². The lowest BCUT2D eigenvalue weighted by Crippen LogP contribution is -1.90. The van der Waals surface area contributed by atoms with Gasteiger partial charge in [0.05, 0.1) is 17.8 Å². The maximum absolute atomic E-state index is 6.00. The molecule has 0 saturated heterocycles. The van der Waals surface area contributed by atoms with E-state index in [1.165, 1.54) is 8.45 Å². The molecule has 1 heterocycles. The molecule has 1 unspecified atom stereocenters. The Morgan fingerprint density at radius 2 is 1.88 bits per heavy atom. The average molecular weight is 448 g/mol. The van der Waals surface area contributed by atoms with Crippen molar-refractivity contribution in [2.45, 2.75) is 4.83 Å². The highest BCUT2D eigenvalue weighted by molar-refractivity contribution is 14.1. The third-order valence-electron chi connectivity index (χ3n) is 2.12. The van der Waals surface area contributed by atoms with Crippen molar-refractivity contribution in [1.29, 1.82) is 0 Å². The lowest BCUT2D eigenvalue weighted by atomic mass is 10.1. The zero-order chi connectivity index (χ0) is 11.7. The third kappa shape index (κ3) is 2.93. The molecule has 0 nitrogen and oxygen atoms in total. The first-order valence-corrected chi connectivity index (χ1v) is 8.04. The molecule has 2 rings (SSSR count). The molecular formula is C11H6BrCl2IS. The predicted molar refractivity (Wildman–Crippen MR) is 84.3 cm³/mol. The number of benzene rings is 1. The van der Waals surface area contributed by atoms with Crippen molar-refractivity contribution in [3.63, 3.8) is 0 Å². The average Bonchev–Trinajstić information content (AvgIpc) is 2.68. The molecule has 0 N–H and O–H groups in total. The molecule has 0 aliphatic rings. The molecule has 0 saturated carbocycles. The Morgan fingerprint density at radius 1 is 1.12 bits per heavy atom. The maximum Gasteiger partial charge on any atom is 0.0656 e. The van der Waals surface area contributed by atoms with Crippen LogP contribution in [0.2, 0.25) is 10.0 Å². The fourth-order valence-electron chi connectivity index (χ4n) is 1.32. The second-order valence-corrected chi connectivity index (χ2v) is 7.76. The maximum atomic E-state index is 6.00. The fourth-order valence-corrected chi connectivity index (χ4v) is 3.75. The van der Waals surface area contributed by atoms with Crippen molar-refractivity contribution in [3.8, 4) is 0 Å². The Kier molecular flexibility index (Phi) is 4.58. The Balaban J connectivity index is 2.33. The van der Waals surface area contributed by atoms with E-state index in [1.807, 2.05) is 18.2 Å². The van der Waals surface area contributed by atoms with Gasteiger partial charge in [-0.2, -0.15) is 0 Å². The van der Waals surface area contributed by atoms with E-state index in [0.717, 1.165) is 5.56 Å². The molecule has 5 heteroatoms. The first-order chi connectivity index (χ1) is 7.58. The number of thiophene rings is 1. The molecule has 2 aromatic rings. The molecular weight excluding hydrogens is 442 g/mol. The zero-order valence-electron chi connectivity index (χ0n) is 7.88. The van der Waals surface area contributed by atoms with Gasteiger partial charge in [0.15, 0.2) is 0 Å². The summed E-state index contributed by atoms with van der Waals surface area (Å²) < 4.78 is 1.28. The molecule has 0 amide bonds. The van der Waals surface area contributed by atoms with E-state index in [-0.39, 0.29) is 4.83 Å². The van der Waals surface area contributed by atoms with Crippen LogP contribution in [-0.2, 0) is 0 Å². The highest BCUT2D eigenvalue weighted by atomic mass is 127. The Bertz CT molecular complexity index is 512. The van der Waals surface area contributed by atoms with E-state index in [2.05, 4.69) is 50.0 Å². The Hall–Kier alpha value is 0.710. The SMILES string of the molecule is Clc1ccc(C(Br)c2csc(I)c2)cc1Cl. The molecule has 1 atom stereocenters. The summed E-state index contributed by atoms with van der Waals surface area (Å²) in [4.78, 5) is 0.169. The first-order valence-electron chi connectivity index (χ1n) is 4.41. The lowest BCUT2D eigenvalue weighted by molar-refractivity contribution is 1.19. The summed E-state index contributed by atoms with van der Waals surface area (Å²) in [5.41, 5.74) is 2.36. The topological polar surface area (TPSA) is 0 Å². The molecule has 0 fully saturated rings. The van der Waals surface area contributed by atoms with Gasteiger partial charge in [-0.3, -0.25) is 0 Å². The molecule has 16 heavy (non-hydrogen) atoms. The van der Waals surface area contributed by atoms with Crippen LogP contribution in [-0.4, -0.2) is 0 Å². The van der Waals surface area contributed by atoms with Gasteiger partial charge in [-0.15, -0.1) is 11.3 Å². The number of alkyl halides is 1. The van der Waals surface area contributed by atoms with Crippen LogP contribution in [0.3, 0.4) is 0 Å². The number of rotatable bonds is 2. The number of halogens is 4. The minimum atomic E-state index is 0.169. The normalized spacial score (nSPS) is 12.8. The minimum absolute atomic E-state index is 0.169. The van der Waals surface area contributed by atoms with Gasteiger partial charge in [-0.05, 0) is 57.3 Å². The predicted octanol–water partition coefficient (Wildman–Crippen LogP) is 6.14. The zero-order valence-corrected chi connectivity index (χ0v) is 14.0. The Morgan fingerprint density at radius 3 is 2.44 bits per heavy atom. The molecule has 0 aliphatic carbocycles. The lowest BCUT2D eigenvalue weighted by Gasteiger charge is -2.09. The highest BCUT2D eigenvalue weighted by Crippen LogP contribution is 2.36. The standard InChI is InChI=1S/C11H6BrCl2IS/c12-11(7-4-10(15)16-5-7)6-1-2-8(13)9(14)3-6/h1-5,11H. The summed E-state index contributed by atoms with van der Waals surface area (Å²) in [6, 6.07) is 7.87. The quantitative estimate of drug-likeness (QED) is 0.383. The largest absolute Gasteiger partial charge is 0.137 e. The molecule has 0 spiro atoms. The van der Waals surface area contributed by atoms with Crippen molar-refractivity contribution >= 4 is 73.1 Å². The fraction of sp³-hybridized carbons (Fsp3) is 0.0909. The van der Waals surface area contributed by atoms with Crippen LogP contribution in [0.4, 0.5) is 0 Å². The smallest absolute Gasteiger partial charge is 0.0656 e. The van der Waals surface area contributed by atoms with Crippen molar-refractivity contribution in [2.75, 3.05) is 0 Å². The van der Waals surface area contributed by atoms with Crippen molar-refractivity contribution in [1.82, 2.24) is 0 Å². The van der Waals surface area contributed by atoms with E-state index in [4.69, 9.17) is 23.2 Å². The van der Waals surface area contributed by atoms with Crippen molar-refractivity contribution in [3.05, 3.63) is 53.7 Å². The molecule has 1 aromatic heterocycles. The van der Waals surface area contributed by atoms with E-state index >= 15 is 0 Å². The molecule has 1 aromatic carbocycles. The van der Waals surface area contributed by atoms with Crippen molar-refractivity contribution < 1.29 is 0 Å². The molecule has 84 valence electrons. The summed E-state index contributed by atoms with van der Waals surface area (Å²) in [7, 11) is 0. The summed E-state index contributed by atoms with van der Waals surface area (Å²) in [6.07, 6.45) is 0. The van der Waals surface area contributed by atoms with Gasteiger partial charge in [-0.1, -0.05) is 45.2 Å². The van der Waals surface area contributed by atoms with Crippen LogP contribution < -0.4 is 0 Å². The minimum Gasteiger partial charge on any atom is -0.137 e. The highest BCUT2D eigenvalue weighted by Gasteiger charge is 2.13. The summed E-state index contributed by atoms with van der Waals surface area (Å²) in [5.74, 6) is 0. The van der Waals surface area contributed by atoms with E-state index in [1.54, 1.807) is 11.3 Å². The van der Waals surface area contributed by atoms with Crippen LogP contribution in [0.25, 0.3) is 0 Å². The van der Waals surface area contributed by atoms with Crippen LogP contribution in [0, 0.1) is 2.88 Å². The van der Waals surface area contributed by atoms with E-state index in [9.17, 15) is 0 Å². The Labute approximate surface area is 130 Å². The second-order valence-electron chi connectivity index (χ2n) is 3.22. The number of hydrogen-bond donors (Lipinski definition) is 0. The van der Waals surface area contributed by atoms with Crippen LogP contribution in [0.15, 0.2) is 29.6 Å². The van der Waals surface area contributed by atoms with E-state index < -0.39 is 0 Å². The van der Waals surface area contributed by atoms with Gasteiger partial charge in [-0.25, -0.2) is 0 Å². The summed E-state index contributed by atoms with van der Waals surface area (Å²) in [5, 5.41) is 3.32. The van der Waals surface area contributed by atoms with Gasteiger partial charge in [0.25, 0.3) is 0 Å². The van der Waals surface area contributed by atoms with Gasteiger partial charge in [0, 0.05) is 0 Å². The molecule has 0 aliphatic heterocycles. The van der Waals surface area contributed by atoms with Crippen LogP contribution >= 0.6 is 73.1 Å². The first kappa shape index (κ1) is 13.1. The van der Waals surface area contributed by atoms with Gasteiger partial charge in [0.1, 0.15) is 0 Å². The molecule has 0 radical (unpaired) electrons. The number of hydrogen-bond acceptors (Lipinski definition) is 1. The monoisotopic (exact) mass is 446 g/mol. The third-order valence-corrected chi connectivity index (χ3v) is 5.72. The summed E-state index contributed by atoms with van der Waals surface area (Å²) in [6.45, 7) is 0. The van der Waals surface area contributed by atoms with Gasteiger partial charge >= 0.3 is 0 Å². The summed E-state index contributed by atoms with van der Waals surface area (Å²) >= 11 is 19.6. The van der Waals surface area contributed by atoms with Crippen LogP contribution in [0.5, 0.6) is 0 Å². The molecule has 0 bridgehead atoms. The van der Waals surface area contributed by atoms with E-state index in [0.29, 0.717) is 10.0 Å². The van der Waals surface area contributed by atoms with Gasteiger partial charge < -0.3 is 0 Å². The second kappa shape index (κ2) is 5.57. The van der Waals surface area contributed by atoms with Crippen LogP contribution in [0.1, 0.15) is 16.0 Å². The van der Waals surface area contributed by atoms with Crippen molar-refractivity contribution in [2.24, 2.45) is 0 Å².